The van der Waals surface area contributed by atoms with Gasteiger partial charge in [-0.3, -0.25) is 0 Å². The molecule has 4 N–H and O–H groups in total. The van der Waals surface area contributed by atoms with Gasteiger partial charge >= 0.3 is 0 Å². The maximum absolute atomic E-state index is 9.23. The molecule has 0 fully saturated rings. The topological polar surface area (TPSA) is 109 Å². The monoisotopic (exact) mass is 284 g/mol. The second-order valence-electron chi connectivity index (χ2n) is 4.36. The first-order chi connectivity index (χ1) is 10.1. The number of aromatic nitrogens is 2. The van der Waals surface area contributed by atoms with Crippen molar-refractivity contribution >= 4 is 17.3 Å². The molecule has 0 aliphatic rings. The number of nitrogens with one attached hydrogen (secondary N) is 2. The normalized spacial score (nSPS) is 9.86. The molecule has 0 amide bonds. The van der Waals surface area contributed by atoms with Crippen LogP contribution in [0.15, 0.2) is 18.2 Å². The molecule has 0 aliphatic carbocycles. The van der Waals surface area contributed by atoms with Gasteiger partial charge in [0.15, 0.2) is 0 Å². The van der Waals surface area contributed by atoms with Crippen LogP contribution >= 0.6 is 0 Å². The Bertz CT molecular complexity index is 707. The molecule has 108 valence electrons. The second kappa shape index (κ2) is 6.07. The van der Waals surface area contributed by atoms with E-state index < -0.39 is 0 Å². The molecular formula is C14H16N6O. The molecule has 7 heteroatoms. The Morgan fingerprint density at radius 2 is 1.95 bits per heavy atom. The van der Waals surface area contributed by atoms with Crippen LogP contribution in [-0.2, 0) is 0 Å². The molecule has 0 radical (unpaired) electrons. The van der Waals surface area contributed by atoms with Gasteiger partial charge in [0, 0.05) is 5.56 Å². The Morgan fingerprint density at radius 1 is 1.24 bits per heavy atom. The zero-order valence-corrected chi connectivity index (χ0v) is 12.1. The fraction of sp³-hybridized carbons (Fsp3) is 0.214. The number of methoxy groups -OCH3 is 1. The molecule has 2 rings (SSSR count). The number of nitrogens with zero attached hydrogens (tertiary/aromatic N) is 3. The molecule has 2 aromatic rings. The van der Waals surface area contributed by atoms with E-state index in [0.717, 1.165) is 5.56 Å². The minimum Gasteiger partial charge on any atom is -0.495 e. The van der Waals surface area contributed by atoms with Gasteiger partial charge in [-0.05, 0) is 26.0 Å². The van der Waals surface area contributed by atoms with Gasteiger partial charge in [0.2, 0.25) is 0 Å². The van der Waals surface area contributed by atoms with Crippen molar-refractivity contribution in [3.05, 3.63) is 35.2 Å². The number of hydrogen-bond donors (Lipinski definition) is 3. The lowest BCUT2D eigenvalue weighted by Gasteiger charge is -2.15. The first-order valence-electron chi connectivity index (χ1n) is 6.26. The lowest BCUT2D eigenvalue weighted by atomic mass is 10.1. The summed E-state index contributed by atoms with van der Waals surface area (Å²) >= 11 is 0. The molecule has 1 heterocycles. The molecule has 0 aliphatic heterocycles. The molecule has 0 bridgehead atoms. The van der Waals surface area contributed by atoms with E-state index in [1.165, 1.54) is 0 Å². The molecule has 0 spiro atoms. The van der Waals surface area contributed by atoms with Crippen molar-refractivity contribution in [1.82, 2.24) is 9.97 Å². The highest BCUT2D eigenvalue weighted by Crippen LogP contribution is 2.32. The van der Waals surface area contributed by atoms with Gasteiger partial charge in [-0.15, -0.1) is 0 Å². The maximum Gasteiger partial charge on any atom is 0.148 e. The minimum atomic E-state index is 0.465. The summed E-state index contributed by atoms with van der Waals surface area (Å²) in [5.74, 6) is 7.66. The number of hydrazine groups is 1. The van der Waals surface area contributed by atoms with Crippen LogP contribution < -0.4 is 21.3 Å². The zero-order valence-electron chi connectivity index (χ0n) is 12.1. The Balaban J connectivity index is 2.53. The number of nitrogens with two attached hydrogens (primary N) is 1. The van der Waals surface area contributed by atoms with Gasteiger partial charge < -0.3 is 15.5 Å². The van der Waals surface area contributed by atoms with Crippen molar-refractivity contribution in [3.63, 3.8) is 0 Å². The number of nitriles is 1. The summed E-state index contributed by atoms with van der Waals surface area (Å²) in [4.78, 5) is 8.54. The number of anilines is 3. The highest BCUT2D eigenvalue weighted by atomic mass is 16.5. The van der Waals surface area contributed by atoms with E-state index in [9.17, 15) is 5.26 Å². The third-order valence-electron chi connectivity index (χ3n) is 3.00. The molecule has 0 atom stereocenters. The number of nitrogen functional groups attached to an aromatic ring is 1. The summed E-state index contributed by atoms with van der Waals surface area (Å²) in [7, 11) is 1.55. The van der Waals surface area contributed by atoms with Crippen molar-refractivity contribution < 1.29 is 4.74 Å². The number of para-hydroxylation sites is 1. The first-order valence-corrected chi connectivity index (χ1v) is 6.26. The van der Waals surface area contributed by atoms with Crippen LogP contribution in [0.2, 0.25) is 0 Å². The van der Waals surface area contributed by atoms with Gasteiger partial charge in [0.05, 0.1) is 12.7 Å². The Hall–Kier alpha value is -2.85. The fourth-order valence-electron chi connectivity index (χ4n) is 1.93. The van der Waals surface area contributed by atoms with E-state index in [2.05, 4.69) is 26.8 Å². The minimum absolute atomic E-state index is 0.465. The van der Waals surface area contributed by atoms with Gasteiger partial charge in [0.25, 0.3) is 0 Å². The van der Waals surface area contributed by atoms with E-state index in [0.29, 0.717) is 34.5 Å². The summed E-state index contributed by atoms with van der Waals surface area (Å²) in [6.07, 6.45) is 0. The van der Waals surface area contributed by atoms with E-state index >= 15 is 0 Å². The number of rotatable bonds is 4. The van der Waals surface area contributed by atoms with Gasteiger partial charge in [-0.2, -0.15) is 5.26 Å². The van der Waals surface area contributed by atoms with Gasteiger partial charge in [-0.25, -0.2) is 15.8 Å². The molecule has 0 saturated heterocycles. The van der Waals surface area contributed by atoms with Gasteiger partial charge in [0.1, 0.15) is 35.0 Å². The van der Waals surface area contributed by atoms with Crippen LogP contribution in [0.5, 0.6) is 5.75 Å². The van der Waals surface area contributed by atoms with Crippen LogP contribution in [0, 0.1) is 25.2 Å². The lowest BCUT2D eigenvalue weighted by molar-refractivity contribution is 0.416. The highest BCUT2D eigenvalue weighted by molar-refractivity contribution is 5.74. The molecule has 0 unspecified atom stereocenters. The Labute approximate surface area is 122 Å². The maximum atomic E-state index is 9.23. The third-order valence-corrected chi connectivity index (χ3v) is 3.00. The van der Waals surface area contributed by atoms with Crippen LogP contribution in [0.3, 0.4) is 0 Å². The molecule has 1 aromatic carbocycles. The van der Waals surface area contributed by atoms with Crippen molar-refractivity contribution in [2.75, 3.05) is 17.9 Å². The summed E-state index contributed by atoms with van der Waals surface area (Å²) in [5.41, 5.74) is 4.31. The number of hydrogen-bond acceptors (Lipinski definition) is 7. The average molecular weight is 284 g/mol. The predicted octanol–water partition coefficient (Wildman–Crippen LogP) is 2.00. The van der Waals surface area contributed by atoms with Crippen molar-refractivity contribution in [2.45, 2.75) is 13.8 Å². The smallest absolute Gasteiger partial charge is 0.148 e. The molecule has 0 saturated carbocycles. The molecular weight excluding hydrogens is 268 g/mol. The quantitative estimate of drug-likeness (QED) is 0.582. The molecule has 21 heavy (non-hydrogen) atoms. The number of ether oxygens (including phenoxy) is 1. The molecule has 7 nitrogen and oxygen atoms in total. The third kappa shape index (κ3) is 2.85. The van der Waals surface area contributed by atoms with Crippen LogP contribution in [0.1, 0.15) is 17.0 Å². The highest BCUT2D eigenvalue weighted by Gasteiger charge is 2.14. The number of benzene rings is 1. The van der Waals surface area contributed by atoms with Crippen LogP contribution in [0.4, 0.5) is 17.3 Å². The van der Waals surface area contributed by atoms with Crippen molar-refractivity contribution in [2.24, 2.45) is 5.84 Å². The van der Waals surface area contributed by atoms with Crippen LogP contribution in [-0.4, -0.2) is 17.1 Å². The molecule has 1 aromatic heterocycles. The summed E-state index contributed by atoms with van der Waals surface area (Å²) in [6, 6.07) is 7.36. The largest absolute Gasteiger partial charge is 0.495 e. The van der Waals surface area contributed by atoms with Gasteiger partial charge in [-0.1, -0.05) is 6.07 Å². The Kier molecular flexibility index (Phi) is 4.21. The SMILES string of the molecule is COc1cccc(C#N)c1Nc1nc(C)nc(NN)c1C. The van der Waals surface area contributed by atoms with E-state index in [-0.39, 0.29) is 0 Å². The summed E-state index contributed by atoms with van der Waals surface area (Å²) in [5, 5.41) is 12.4. The summed E-state index contributed by atoms with van der Waals surface area (Å²) < 4.78 is 5.29. The van der Waals surface area contributed by atoms with Crippen LogP contribution in [0.25, 0.3) is 0 Å². The predicted molar refractivity (Wildman–Crippen MR) is 80.3 cm³/mol. The standard InChI is InChI=1S/C14H16N6O/c1-8-13(17-9(2)18-14(8)20-16)19-12-10(7-15)5-4-6-11(12)21-3/h4-6H,16H2,1-3H3,(H2,17,18,19,20). The average Bonchev–Trinajstić information content (AvgIpc) is 2.50. The van der Waals surface area contributed by atoms with Crippen molar-refractivity contribution in [3.8, 4) is 11.8 Å². The van der Waals surface area contributed by atoms with E-state index in [4.69, 9.17) is 10.6 Å². The van der Waals surface area contributed by atoms with E-state index in [1.807, 2.05) is 6.92 Å². The first kappa shape index (κ1) is 14.6. The zero-order chi connectivity index (χ0) is 15.4. The second-order valence-corrected chi connectivity index (χ2v) is 4.36. The Morgan fingerprint density at radius 3 is 2.57 bits per heavy atom. The fourth-order valence-corrected chi connectivity index (χ4v) is 1.93. The van der Waals surface area contributed by atoms with Crippen molar-refractivity contribution in [1.29, 1.82) is 5.26 Å². The number of aryl methyl sites for hydroxylation is 1. The summed E-state index contributed by atoms with van der Waals surface area (Å²) in [6.45, 7) is 3.59. The lowest BCUT2D eigenvalue weighted by Crippen LogP contribution is -2.13. The van der Waals surface area contributed by atoms with E-state index in [1.54, 1.807) is 32.2 Å².